The molecule has 1 aliphatic heterocycles. The SMILES string of the molecule is COC(=O)C1=C(c2ccccc2)NC(C)=C(C(=O)O)C1c1cccc(Cl)c1Cl. The molecule has 144 valence electrons. The van der Waals surface area contributed by atoms with Crippen LogP contribution in [0.5, 0.6) is 0 Å². The van der Waals surface area contributed by atoms with Gasteiger partial charge in [-0.25, -0.2) is 9.59 Å². The highest BCUT2D eigenvalue weighted by atomic mass is 35.5. The molecule has 0 saturated heterocycles. The Bertz CT molecular complexity index is 1010. The van der Waals surface area contributed by atoms with Gasteiger partial charge in [0, 0.05) is 5.70 Å². The highest BCUT2D eigenvalue weighted by Gasteiger charge is 2.39. The first-order chi connectivity index (χ1) is 13.4. The lowest BCUT2D eigenvalue weighted by Crippen LogP contribution is -2.32. The highest BCUT2D eigenvalue weighted by Crippen LogP contribution is 2.44. The number of allylic oxidation sites excluding steroid dienone is 1. The summed E-state index contributed by atoms with van der Waals surface area (Å²) < 4.78 is 5.00. The van der Waals surface area contributed by atoms with E-state index in [9.17, 15) is 14.7 Å². The van der Waals surface area contributed by atoms with E-state index in [1.165, 1.54) is 7.11 Å². The number of hydrogen-bond acceptors (Lipinski definition) is 4. The first-order valence-electron chi connectivity index (χ1n) is 8.39. The molecule has 0 radical (unpaired) electrons. The zero-order valence-electron chi connectivity index (χ0n) is 15.1. The van der Waals surface area contributed by atoms with Gasteiger partial charge in [0.05, 0.1) is 39.9 Å². The van der Waals surface area contributed by atoms with Crippen LogP contribution in [0.25, 0.3) is 5.70 Å². The molecule has 2 aromatic rings. The van der Waals surface area contributed by atoms with E-state index >= 15 is 0 Å². The van der Waals surface area contributed by atoms with Gasteiger partial charge < -0.3 is 15.2 Å². The summed E-state index contributed by atoms with van der Waals surface area (Å²) in [5, 5.41) is 13.4. The molecule has 2 N–H and O–H groups in total. The second-order valence-corrected chi connectivity index (χ2v) is 6.98. The summed E-state index contributed by atoms with van der Waals surface area (Å²) in [6.45, 7) is 1.64. The number of ether oxygens (including phenoxy) is 1. The first-order valence-corrected chi connectivity index (χ1v) is 9.15. The molecule has 0 aliphatic carbocycles. The predicted octanol–water partition coefficient (Wildman–Crippen LogP) is 4.62. The molecule has 1 atom stereocenters. The van der Waals surface area contributed by atoms with E-state index < -0.39 is 17.9 Å². The second-order valence-electron chi connectivity index (χ2n) is 6.19. The number of halogens is 2. The number of carboxylic acids is 1. The molecule has 1 unspecified atom stereocenters. The number of carbonyl (C=O) groups excluding carboxylic acids is 1. The fourth-order valence-electron chi connectivity index (χ4n) is 3.33. The molecule has 0 fully saturated rings. The van der Waals surface area contributed by atoms with Gasteiger partial charge in [-0.2, -0.15) is 0 Å². The van der Waals surface area contributed by atoms with Crippen molar-refractivity contribution in [3.05, 3.63) is 86.5 Å². The Hall–Kier alpha value is -2.76. The number of carbonyl (C=O) groups is 2. The summed E-state index contributed by atoms with van der Waals surface area (Å²) >= 11 is 12.6. The maximum Gasteiger partial charge on any atom is 0.336 e. The number of benzene rings is 2. The van der Waals surface area contributed by atoms with E-state index in [1.54, 1.807) is 25.1 Å². The normalized spacial score (nSPS) is 16.6. The molecular formula is C21H17Cl2NO4. The van der Waals surface area contributed by atoms with Crippen molar-refractivity contribution in [1.82, 2.24) is 5.32 Å². The van der Waals surface area contributed by atoms with Crippen LogP contribution < -0.4 is 5.32 Å². The van der Waals surface area contributed by atoms with Crippen molar-refractivity contribution in [1.29, 1.82) is 0 Å². The average Bonchev–Trinajstić information content (AvgIpc) is 2.69. The summed E-state index contributed by atoms with van der Waals surface area (Å²) in [5.74, 6) is -2.77. The van der Waals surface area contributed by atoms with Gasteiger partial charge in [-0.05, 0) is 24.1 Å². The van der Waals surface area contributed by atoms with E-state index in [0.29, 0.717) is 17.0 Å². The molecule has 0 aromatic heterocycles. The van der Waals surface area contributed by atoms with Crippen LogP contribution in [0.2, 0.25) is 10.0 Å². The number of hydrogen-bond donors (Lipinski definition) is 2. The lowest BCUT2D eigenvalue weighted by atomic mass is 9.79. The Morgan fingerprint density at radius 2 is 1.71 bits per heavy atom. The molecule has 1 aliphatic rings. The van der Waals surface area contributed by atoms with Crippen LogP contribution in [0.3, 0.4) is 0 Å². The Morgan fingerprint density at radius 1 is 1.04 bits per heavy atom. The summed E-state index contributed by atoms with van der Waals surface area (Å²) in [4.78, 5) is 24.9. The minimum Gasteiger partial charge on any atom is -0.478 e. The average molecular weight is 418 g/mol. The minimum absolute atomic E-state index is 0.00393. The summed E-state index contributed by atoms with van der Waals surface area (Å²) in [6.07, 6.45) is 0. The van der Waals surface area contributed by atoms with E-state index in [-0.39, 0.29) is 21.2 Å². The van der Waals surface area contributed by atoms with Crippen LogP contribution in [0.15, 0.2) is 65.4 Å². The van der Waals surface area contributed by atoms with Crippen molar-refractivity contribution in [2.24, 2.45) is 0 Å². The van der Waals surface area contributed by atoms with Crippen molar-refractivity contribution in [2.75, 3.05) is 7.11 Å². The summed E-state index contributed by atoms with van der Waals surface area (Å²) in [7, 11) is 1.25. The van der Waals surface area contributed by atoms with E-state index in [4.69, 9.17) is 27.9 Å². The third-order valence-corrected chi connectivity index (χ3v) is 5.39. The van der Waals surface area contributed by atoms with Gasteiger partial charge in [-0.3, -0.25) is 0 Å². The Balaban J connectivity index is 2.37. The van der Waals surface area contributed by atoms with Gasteiger partial charge in [0.15, 0.2) is 0 Å². The van der Waals surface area contributed by atoms with Crippen LogP contribution in [0, 0.1) is 0 Å². The van der Waals surface area contributed by atoms with Gasteiger partial charge in [0.1, 0.15) is 0 Å². The standard InChI is InChI=1S/C21H17Cl2NO4/c1-11-15(20(25)26)16(13-9-6-10-14(22)18(13)23)17(21(27)28-2)19(24-11)12-7-4-3-5-8-12/h3-10,16,24H,1-2H3,(H,25,26). The lowest BCUT2D eigenvalue weighted by molar-refractivity contribution is -0.136. The number of rotatable bonds is 4. The molecule has 5 nitrogen and oxygen atoms in total. The highest BCUT2D eigenvalue weighted by molar-refractivity contribution is 6.42. The second kappa shape index (κ2) is 8.09. The molecule has 28 heavy (non-hydrogen) atoms. The van der Waals surface area contributed by atoms with Crippen molar-refractivity contribution in [3.8, 4) is 0 Å². The van der Waals surface area contributed by atoms with Gasteiger partial charge in [-0.1, -0.05) is 65.7 Å². The number of carboxylic acid groups (broad SMARTS) is 1. The maximum atomic E-state index is 12.8. The largest absolute Gasteiger partial charge is 0.478 e. The zero-order chi connectivity index (χ0) is 20.4. The number of dihydropyridines is 1. The molecular weight excluding hydrogens is 401 g/mol. The van der Waals surface area contributed by atoms with Gasteiger partial charge in [0.25, 0.3) is 0 Å². The topological polar surface area (TPSA) is 75.6 Å². The third kappa shape index (κ3) is 3.51. The third-order valence-electron chi connectivity index (χ3n) is 4.55. The molecule has 0 bridgehead atoms. The van der Waals surface area contributed by atoms with Gasteiger partial charge in [-0.15, -0.1) is 0 Å². The van der Waals surface area contributed by atoms with Crippen LogP contribution in [-0.2, 0) is 14.3 Å². The lowest BCUT2D eigenvalue weighted by Gasteiger charge is -2.31. The molecule has 0 saturated carbocycles. The Labute approximate surface area is 172 Å². The van der Waals surface area contributed by atoms with Crippen LogP contribution in [0.4, 0.5) is 0 Å². The van der Waals surface area contributed by atoms with Crippen molar-refractivity contribution in [3.63, 3.8) is 0 Å². The van der Waals surface area contributed by atoms with Gasteiger partial charge >= 0.3 is 11.9 Å². The maximum absolute atomic E-state index is 12.8. The molecule has 1 heterocycles. The minimum atomic E-state index is -1.17. The molecule has 2 aromatic carbocycles. The molecule has 3 rings (SSSR count). The van der Waals surface area contributed by atoms with Crippen molar-refractivity contribution in [2.45, 2.75) is 12.8 Å². The van der Waals surface area contributed by atoms with Crippen LogP contribution >= 0.6 is 23.2 Å². The van der Waals surface area contributed by atoms with Crippen molar-refractivity contribution < 1.29 is 19.4 Å². The first kappa shape index (κ1) is 20.0. The monoisotopic (exact) mass is 417 g/mol. The fourth-order valence-corrected chi connectivity index (χ4v) is 3.74. The predicted molar refractivity (Wildman–Crippen MR) is 108 cm³/mol. The Morgan fingerprint density at radius 3 is 2.32 bits per heavy atom. The smallest absolute Gasteiger partial charge is 0.336 e. The number of nitrogens with one attached hydrogen (secondary N) is 1. The van der Waals surface area contributed by atoms with E-state index in [1.807, 2.05) is 30.3 Å². The number of methoxy groups -OCH3 is 1. The zero-order valence-corrected chi connectivity index (χ0v) is 16.6. The Kier molecular flexibility index (Phi) is 5.77. The van der Waals surface area contributed by atoms with Crippen molar-refractivity contribution >= 4 is 40.8 Å². The summed E-state index contributed by atoms with van der Waals surface area (Å²) in [5.41, 5.74) is 2.16. The van der Waals surface area contributed by atoms with E-state index in [0.717, 1.165) is 5.56 Å². The number of aliphatic carboxylic acids is 1. The van der Waals surface area contributed by atoms with Crippen LogP contribution in [-0.4, -0.2) is 24.2 Å². The molecule has 7 heteroatoms. The summed E-state index contributed by atoms with van der Waals surface area (Å²) in [6, 6.07) is 14.1. The van der Waals surface area contributed by atoms with Crippen LogP contribution in [0.1, 0.15) is 24.0 Å². The quantitative estimate of drug-likeness (QED) is 0.709. The number of esters is 1. The molecule has 0 amide bonds. The molecule has 0 spiro atoms. The van der Waals surface area contributed by atoms with E-state index in [2.05, 4.69) is 5.32 Å². The fraction of sp³-hybridized carbons (Fsp3) is 0.143. The van der Waals surface area contributed by atoms with Gasteiger partial charge in [0.2, 0.25) is 0 Å².